The summed E-state index contributed by atoms with van der Waals surface area (Å²) in [6, 6.07) is 26.3. The van der Waals surface area contributed by atoms with Crippen molar-refractivity contribution in [3.05, 3.63) is 99.6 Å². The predicted molar refractivity (Wildman–Crippen MR) is 123 cm³/mol. The molecule has 0 heterocycles. The second kappa shape index (κ2) is 10.3. The molecule has 0 atom stereocenters. The Morgan fingerprint density at radius 1 is 0.964 bits per heavy atom. The summed E-state index contributed by atoms with van der Waals surface area (Å²) < 4.78 is 6.39. The van der Waals surface area contributed by atoms with Crippen molar-refractivity contribution in [2.45, 2.75) is 4.90 Å². The average molecular weight is 502 g/mol. The smallest absolute Gasteiger partial charge is 0.341 e. The molecule has 3 aromatic rings. The van der Waals surface area contributed by atoms with E-state index in [9.17, 15) is 4.79 Å². The summed E-state index contributed by atoms with van der Waals surface area (Å²) in [6.45, 7) is -0.328. The zero-order chi connectivity index (χ0) is 19.8. The van der Waals surface area contributed by atoms with Gasteiger partial charge in [0.05, 0.1) is 0 Å². The van der Waals surface area contributed by atoms with Crippen molar-refractivity contribution < 1.29 is 14.6 Å². The van der Waals surface area contributed by atoms with E-state index >= 15 is 0 Å². The van der Waals surface area contributed by atoms with Crippen molar-refractivity contribution in [3.63, 3.8) is 0 Å². The van der Waals surface area contributed by atoms with Gasteiger partial charge in [-0.2, -0.15) is 0 Å². The van der Waals surface area contributed by atoms with Gasteiger partial charge < -0.3 is 9.84 Å². The topological polar surface area (TPSA) is 46.5 Å². The van der Waals surface area contributed by atoms with Crippen LogP contribution in [0.5, 0.6) is 5.75 Å². The van der Waals surface area contributed by atoms with Gasteiger partial charge in [0.2, 0.25) is 0 Å². The van der Waals surface area contributed by atoms with E-state index in [1.54, 1.807) is 23.9 Å². The van der Waals surface area contributed by atoms with Crippen LogP contribution in [0.15, 0.2) is 89.8 Å². The lowest BCUT2D eigenvalue weighted by Gasteiger charge is -2.11. The molecule has 28 heavy (non-hydrogen) atoms. The Balaban J connectivity index is 1.74. The van der Waals surface area contributed by atoms with Gasteiger partial charge >= 0.3 is 5.97 Å². The molecule has 0 amide bonds. The van der Waals surface area contributed by atoms with Gasteiger partial charge in [0.15, 0.2) is 6.61 Å². The van der Waals surface area contributed by atoms with Crippen molar-refractivity contribution in [2.75, 3.05) is 12.4 Å². The van der Waals surface area contributed by atoms with Crippen molar-refractivity contribution >= 4 is 45.9 Å². The third-order valence-electron chi connectivity index (χ3n) is 3.97. The first-order chi connectivity index (χ1) is 13.6. The first kappa shape index (κ1) is 20.5. The van der Waals surface area contributed by atoms with E-state index in [1.807, 2.05) is 18.2 Å². The maximum atomic E-state index is 10.6. The Hall–Kier alpha value is -2.25. The number of hydrogen-bond donors (Lipinski definition) is 1. The molecule has 0 saturated carbocycles. The molecule has 0 radical (unpaired) electrons. The standard InChI is InChI=1S/C23H19IO3S/c24-22-9-5-4-8-21(22)20(17-6-2-1-3-7-17)14-15-28-19-12-10-18(11-13-19)27-16-23(25)26/h1-14H,15-16H2,(H,25,26). The molecule has 3 rings (SSSR count). The van der Waals surface area contributed by atoms with Crippen molar-refractivity contribution in [1.29, 1.82) is 0 Å². The normalized spacial score (nSPS) is 11.2. The van der Waals surface area contributed by atoms with Crippen molar-refractivity contribution in [2.24, 2.45) is 0 Å². The Bertz CT molecular complexity index is 953. The minimum absolute atomic E-state index is 0.328. The number of carboxylic acids is 1. The van der Waals surface area contributed by atoms with Gasteiger partial charge in [0.25, 0.3) is 0 Å². The fourth-order valence-corrected chi connectivity index (χ4v) is 4.13. The van der Waals surface area contributed by atoms with Crippen LogP contribution < -0.4 is 4.74 Å². The van der Waals surface area contributed by atoms with E-state index in [4.69, 9.17) is 9.84 Å². The first-order valence-corrected chi connectivity index (χ1v) is 10.8. The fraction of sp³-hybridized carbons (Fsp3) is 0.0870. The van der Waals surface area contributed by atoms with Crippen LogP contribution in [0.4, 0.5) is 0 Å². The van der Waals surface area contributed by atoms with Gasteiger partial charge in [-0.3, -0.25) is 0 Å². The summed E-state index contributed by atoms with van der Waals surface area (Å²) in [7, 11) is 0. The molecule has 1 N–H and O–H groups in total. The van der Waals surface area contributed by atoms with Crippen LogP contribution in [0.2, 0.25) is 0 Å². The molecule has 142 valence electrons. The molecule has 0 fully saturated rings. The van der Waals surface area contributed by atoms with Gasteiger partial charge in [0.1, 0.15) is 5.75 Å². The van der Waals surface area contributed by atoms with E-state index in [0.29, 0.717) is 5.75 Å². The van der Waals surface area contributed by atoms with E-state index in [1.165, 1.54) is 20.3 Å². The molecular weight excluding hydrogens is 483 g/mol. The summed E-state index contributed by atoms with van der Waals surface area (Å²) in [5.74, 6) is 0.406. The zero-order valence-electron chi connectivity index (χ0n) is 15.0. The minimum atomic E-state index is -0.979. The molecule has 0 bridgehead atoms. The number of hydrogen-bond acceptors (Lipinski definition) is 3. The molecule has 0 saturated heterocycles. The lowest BCUT2D eigenvalue weighted by Crippen LogP contribution is -2.09. The summed E-state index contributed by atoms with van der Waals surface area (Å²) in [5, 5.41) is 8.67. The van der Waals surface area contributed by atoms with E-state index < -0.39 is 5.97 Å². The largest absolute Gasteiger partial charge is 0.482 e. The lowest BCUT2D eigenvalue weighted by molar-refractivity contribution is -0.139. The van der Waals surface area contributed by atoms with Crippen LogP contribution >= 0.6 is 34.4 Å². The molecule has 0 aliphatic rings. The molecule has 0 aliphatic carbocycles. The molecule has 0 spiro atoms. The summed E-state index contributed by atoms with van der Waals surface area (Å²) >= 11 is 4.10. The Kier molecular flexibility index (Phi) is 7.56. The highest BCUT2D eigenvalue weighted by Crippen LogP contribution is 2.29. The first-order valence-electron chi connectivity index (χ1n) is 8.71. The molecule has 3 nitrogen and oxygen atoms in total. The fourth-order valence-electron chi connectivity index (χ4n) is 2.68. The number of halogens is 1. The monoisotopic (exact) mass is 502 g/mol. The van der Waals surface area contributed by atoms with E-state index in [2.05, 4.69) is 77.2 Å². The van der Waals surface area contributed by atoms with Crippen molar-refractivity contribution in [1.82, 2.24) is 0 Å². The third kappa shape index (κ3) is 5.87. The van der Waals surface area contributed by atoms with Crippen LogP contribution in [-0.4, -0.2) is 23.4 Å². The Morgan fingerprint density at radius 3 is 2.32 bits per heavy atom. The maximum absolute atomic E-state index is 10.6. The lowest BCUT2D eigenvalue weighted by atomic mass is 9.98. The van der Waals surface area contributed by atoms with Gasteiger partial charge in [-0.05, 0) is 69.6 Å². The summed E-state index contributed by atoms with van der Waals surface area (Å²) in [5.41, 5.74) is 3.65. The maximum Gasteiger partial charge on any atom is 0.341 e. The number of benzene rings is 3. The summed E-state index contributed by atoms with van der Waals surface area (Å²) in [6.07, 6.45) is 2.26. The van der Waals surface area contributed by atoms with Crippen LogP contribution in [0.1, 0.15) is 11.1 Å². The van der Waals surface area contributed by atoms with Gasteiger partial charge in [0, 0.05) is 14.2 Å². The number of aliphatic carboxylic acids is 1. The van der Waals surface area contributed by atoms with Gasteiger partial charge in [-0.1, -0.05) is 54.6 Å². The molecule has 0 aromatic heterocycles. The van der Waals surface area contributed by atoms with E-state index in [0.717, 1.165) is 10.6 Å². The van der Waals surface area contributed by atoms with Crippen molar-refractivity contribution in [3.8, 4) is 5.75 Å². The quantitative estimate of drug-likeness (QED) is 0.304. The average Bonchev–Trinajstić information content (AvgIpc) is 2.72. The highest BCUT2D eigenvalue weighted by atomic mass is 127. The van der Waals surface area contributed by atoms with Gasteiger partial charge in [-0.25, -0.2) is 4.79 Å². The van der Waals surface area contributed by atoms with Gasteiger partial charge in [-0.15, -0.1) is 11.8 Å². The molecule has 5 heteroatoms. The number of thioether (sulfide) groups is 1. The Morgan fingerprint density at radius 2 is 1.64 bits per heavy atom. The minimum Gasteiger partial charge on any atom is -0.482 e. The molecule has 0 aliphatic heterocycles. The SMILES string of the molecule is O=C(O)COc1ccc(SCC=C(c2ccccc2)c2ccccc2I)cc1. The van der Waals surface area contributed by atoms with Crippen LogP contribution in [0, 0.1) is 3.57 Å². The zero-order valence-corrected chi connectivity index (χ0v) is 18.0. The van der Waals surface area contributed by atoms with Crippen LogP contribution in [0.25, 0.3) is 5.57 Å². The molecule has 3 aromatic carbocycles. The third-order valence-corrected chi connectivity index (χ3v) is 5.85. The number of carboxylic acid groups (broad SMARTS) is 1. The van der Waals surface area contributed by atoms with Crippen LogP contribution in [0.3, 0.4) is 0 Å². The second-order valence-corrected chi connectivity index (χ2v) is 8.18. The Labute approximate surface area is 182 Å². The predicted octanol–water partition coefficient (Wildman–Crippen LogP) is 5.98. The second-order valence-electron chi connectivity index (χ2n) is 5.93. The van der Waals surface area contributed by atoms with E-state index in [-0.39, 0.29) is 6.61 Å². The summed E-state index contributed by atoms with van der Waals surface area (Å²) in [4.78, 5) is 11.7. The number of ether oxygens (including phenoxy) is 1. The number of carbonyl (C=O) groups is 1. The highest BCUT2D eigenvalue weighted by Gasteiger charge is 2.08. The molecular formula is C23H19IO3S. The number of rotatable bonds is 8. The highest BCUT2D eigenvalue weighted by molar-refractivity contribution is 14.1. The molecule has 0 unspecified atom stereocenters. The van der Waals surface area contributed by atoms with Crippen LogP contribution in [-0.2, 0) is 4.79 Å².